The second-order valence-corrected chi connectivity index (χ2v) is 8.11. The molecule has 0 spiro atoms. The second kappa shape index (κ2) is 6.94. The topological polar surface area (TPSA) is 47.9 Å². The minimum atomic E-state index is -0.505. The fourth-order valence-electron chi connectivity index (χ4n) is 3.10. The summed E-state index contributed by atoms with van der Waals surface area (Å²) >= 11 is 0. The van der Waals surface area contributed by atoms with Gasteiger partial charge >= 0.3 is 7.12 Å². The summed E-state index contributed by atoms with van der Waals surface area (Å²) in [6.07, 6.45) is 1.74. The Labute approximate surface area is 153 Å². The predicted octanol–water partition coefficient (Wildman–Crippen LogP) is 3.40. The van der Waals surface area contributed by atoms with Crippen molar-refractivity contribution in [2.45, 2.75) is 85.0 Å². The normalized spacial score (nSPS) is 26.4. The van der Waals surface area contributed by atoms with Gasteiger partial charge in [0, 0.05) is 0 Å². The Hall–Kier alpha value is -1.04. The van der Waals surface area contributed by atoms with Crippen molar-refractivity contribution in [3.63, 3.8) is 0 Å². The van der Waals surface area contributed by atoms with Crippen molar-refractivity contribution in [1.29, 1.82) is 0 Å². The van der Waals surface area contributed by atoms with Gasteiger partial charge in [0.1, 0.15) is 11.4 Å². The van der Waals surface area contributed by atoms with Gasteiger partial charge in [-0.15, -0.1) is 0 Å². The van der Waals surface area contributed by atoms with Crippen molar-refractivity contribution in [2.75, 3.05) is 6.61 Å². The Kier molecular flexibility index (Phi) is 5.63. The van der Waals surface area contributed by atoms with Gasteiger partial charge in [0.15, 0.2) is 0 Å². The number of hydrogen-bond donors (Lipinski definition) is 1. The van der Waals surface area contributed by atoms with Gasteiger partial charge in [0.2, 0.25) is 0 Å². The highest BCUT2D eigenvalue weighted by Crippen LogP contribution is 2.38. The number of hydrogen-bond acceptors (Lipinski definition) is 4. The predicted molar refractivity (Wildman–Crippen MR) is 103 cm³/mol. The molecular formula is C20H33BO4. The van der Waals surface area contributed by atoms with E-state index in [0.717, 1.165) is 29.6 Å². The van der Waals surface area contributed by atoms with Crippen LogP contribution in [0.25, 0.3) is 0 Å². The zero-order valence-corrected chi connectivity index (χ0v) is 17.0. The lowest BCUT2D eigenvalue weighted by atomic mass is 9.75. The highest BCUT2D eigenvalue weighted by Gasteiger charge is 2.52. The minimum Gasteiger partial charge on any atom is -0.485 e. The van der Waals surface area contributed by atoms with Crippen molar-refractivity contribution in [2.24, 2.45) is 0 Å². The molecule has 0 bridgehead atoms. The van der Waals surface area contributed by atoms with E-state index >= 15 is 0 Å². The number of rotatable bonds is 2. The minimum absolute atomic E-state index is 0.0200. The Morgan fingerprint density at radius 3 is 2.12 bits per heavy atom. The molecule has 1 unspecified atom stereocenters. The molecule has 5 heteroatoms. The van der Waals surface area contributed by atoms with Gasteiger partial charge in [-0.1, -0.05) is 25.5 Å². The lowest BCUT2D eigenvalue weighted by Crippen LogP contribution is -2.42. The van der Waals surface area contributed by atoms with E-state index in [1.165, 1.54) is 5.56 Å². The van der Waals surface area contributed by atoms with Crippen LogP contribution in [-0.2, 0) is 15.7 Å². The molecule has 0 amide bonds. The fourth-order valence-corrected chi connectivity index (χ4v) is 3.10. The molecule has 1 N–H and O–H groups in total. The van der Waals surface area contributed by atoms with Gasteiger partial charge in [-0.25, -0.2) is 0 Å². The molecule has 140 valence electrons. The highest BCUT2D eigenvalue weighted by molar-refractivity contribution is 6.62. The molecule has 1 fully saturated rings. The van der Waals surface area contributed by atoms with Crippen LogP contribution in [-0.4, -0.2) is 35.6 Å². The van der Waals surface area contributed by atoms with Gasteiger partial charge in [-0.2, -0.15) is 0 Å². The number of fused-ring (bicyclic) bond motifs is 1. The van der Waals surface area contributed by atoms with E-state index in [9.17, 15) is 5.11 Å². The quantitative estimate of drug-likeness (QED) is 0.833. The molecule has 25 heavy (non-hydrogen) atoms. The monoisotopic (exact) mass is 348 g/mol. The third-order valence-electron chi connectivity index (χ3n) is 5.57. The van der Waals surface area contributed by atoms with Crippen LogP contribution in [0.2, 0.25) is 0 Å². The molecule has 1 atom stereocenters. The van der Waals surface area contributed by atoms with Crippen molar-refractivity contribution in [1.82, 2.24) is 0 Å². The standard InChI is InChI=1S/C18H27BO4.C2H6/c1-12-9-13-7-8-18(6,11-20)21-15(13)10-14(12)19-22-16(2,3)17(4,5)23-19;1-2/h9-10,20H,7-8,11H2,1-6H3;1-2H3. The molecule has 1 aromatic carbocycles. The maximum atomic E-state index is 9.57. The summed E-state index contributed by atoms with van der Waals surface area (Å²) in [6.45, 7) is 16.3. The van der Waals surface area contributed by atoms with Crippen LogP contribution in [0.4, 0.5) is 0 Å². The average molecular weight is 348 g/mol. The van der Waals surface area contributed by atoms with E-state index < -0.39 is 12.7 Å². The van der Waals surface area contributed by atoms with Gasteiger partial charge in [0.05, 0.1) is 17.8 Å². The Morgan fingerprint density at radius 2 is 1.60 bits per heavy atom. The summed E-state index contributed by atoms with van der Waals surface area (Å²) in [5.74, 6) is 0.836. The van der Waals surface area contributed by atoms with Gasteiger partial charge < -0.3 is 19.2 Å². The molecule has 1 aromatic rings. The molecule has 0 saturated carbocycles. The summed E-state index contributed by atoms with van der Waals surface area (Å²) in [5, 5.41) is 9.57. The van der Waals surface area contributed by atoms with Gasteiger partial charge in [0.25, 0.3) is 0 Å². The molecule has 2 heterocycles. The molecule has 2 aliphatic rings. The Balaban J connectivity index is 0.00000109. The molecule has 0 aliphatic carbocycles. The summed E-state index contributed by atoms with van der Waals surface area (Å²) in [5.41, 5.74) is 2.12. The van der Waals surface area contributed by atoms with Crippen LogP contribution in [0, 0.1) is 6.92 Å². The van der Waals surface area contributed by atoms with Crippen molar-refractivity contribution >= 4 is 12.6 Å². The fraction of sp³-hybridized carbons (Fsp3) is 0.700. The first-order valence-electron chi connectivity index (χ1n) is 9.36. The summed E-state index contributed by atoms with van der Waals surface area (Å²) < 4.78 is 18.4. The summed E-state index contributed by atoms with van der Waals surface area (Å²) in [6, 6.07) is 4.19. The number of benzene rings is 1. The van der Waals surface area contributed by atoms with E-state index in [1.807, 2.05) is 26.8 Å². The van der Waals surface area contributed by atoms with Crippen molar-refractivity contribution < 1.29 is 19.2 Å². The SMILES string of the molecule is CC.Cc1cc2c(cc1B1OC(C)(C)C(C)(C)O1)OC(C)(CO)CC2. The summed E-state index contributed by atoms with van der Waals surface area (Å²) in [7, 11) is -0.392. The summed E-state index contributed by atoms with van der Waals surface area (Å²) in [4.78, 5) is 0. The number of aliphatic hydroxyl groups excluding tert-OH is 1. The lowest BCUT2D eigenvalue weighted by Gasteiger charge is -2.35. The zero-order valence-electron chi connectivity index (χ0n) is 17.0. The smallest absolute Gasteiger partial charge is 0.485 e. The molecule has 1 saturated heterocycles. The van der Waals surface area contributed by atoms with E-state index in [4.69, 9.17) is 14.0 Å². The highest BCUT2D eigenvalue weighted by atomic mass is 16.7. The van der Waals surface area contributed by atoms with Crippen LogP contribution < -0.4 is 10.2 Å². The van der Waals surface area contributed by atoms with E-state index in [2.05, 4.69) is 40.7 Å². The lowest BCUT2D eigenvalue weighted by molar-refractivity contribution is 0.00578. The molecule has 0 aromatic heterocycles. The number of ether oxygens (including phenoxy) is 1. The molecule has 4 nitrogen and oxygen atoms in total. The van der Waals surface area contributed by atoms with Crippen LogP contribution in [0.1, 0.15) is 66.0 Å². The largest absolute Gasteiger partial charge is 0.495 e. The van der Waals surface area contributed by atoms with Gasteiger partial charge in [-0.3, -0.25) is 0 Å². The van der Waals surface area contributed by atoms with Crippen LogP contribution in [0.5, 0.6) is 5.75 Å². The average Bonchev–Trinajstić information content (AvgIpc) is 2.77. The first-order chi connectivity index (χ1) is 11.6. The van der Waals surface area contributed by atoms with Gasteiger partial charge in [-0.05, 0) is 71.5 Å². The van der Waals surface area contributed by atoms with Crippen LogP contribution in [0.15, 0.2) is 12.1 Å². The van der Waals surface area contributed by atoms with Crippen molar-refractivity contribution in [3.8, 4) is 5.75 Å². The first kappa shape index (κ1) is 20.3. The molecule has 3 rings (SSSR count). The number of aryl methyl sites for hydroxylation is 2. The van der Waals surface area contributed by atoms with E-state index in [1.54, 1.807) is 0 Å². The molecular weight excluding hydrogens is 315 g/mol. The van der Waals surface area contributed by atoms with Crippen LogP contribution in [0.3, 0.4) is 0 Å². The first-order valence-corrected chi connectivity index (χ1v) is 9.36. The maximum Gasteiger partial charge on any atom is 0.495 e. The number of aliphatic hydroxyl groups is 1. The third-order valence-corrected chi connectivity index (χ3v) is 5.57. The molecule has 2 aliphatic heterocycles. The third kappa shape index (κ3) is 3.74. The second-order valence-electron chi connectivity index (χ2n) is 8.11. The molecule has 0 radical (unpaired) electrons. The maximum absolute atomic E-state index is 9.57. The Morgan fingerprint density at radius 1 is 1.04 bits per heavy atom. The zero-order chi connectivity index (χ0) is 19.0. The van der Waals surface area contributed by atoms with E-state index in [0.29, 0.717) is 0 Å². The van der Waals surface area contributed by atoms with Crippen LogP contribution >= 0.6 is 0 Å². The van der Waals surface area contributed by atoms with Crippen molar-refractivity contribution in [3.05, 3.63) is 23.3 Å². The Bertz CT molecular complexity index is 610. The van der Waals surface area contributed by atoms with E-state index in [-0.39, 0.29) is 17.8 Å².